The average Bonchev–Trinajstić information content (AvgIpc) is 2.18. The highest BCUT2D eigenvalue weighted by molar-refractivity contribution is 7.99. The first-order chi connectivity index (χ1) is 6.79. The Labute approximate surface area is 93.4 Å². The fraction of sp³-hybridized carbons (Fsp3) is 1.00. The van der Waals surface area contributed by atoms with Crippen LogP contribution in [-0.4, -0.2) is 24.1 Å². The normalized spacial score (nSPS) is 19.1. The van der Waals surface area contributed by atoms with E-state index in [1.807, 2.05) is 0 Å². The van der Waals surface area contributed by atoms with Crippen LogP contribution in [0.2, 0.25) is 0 Å². The Morgan fingerprint density at radius 3 is 2.57 bits per heavy atom. The molecule has 1 fully saturated rings. The number of thioether (sulfide) groups is 1. The number of nitrogens with one attached hydrogen (secondary N) is 1. The molecule has 0 aliphatic carbocycles. The number of hydrogen-bond acceptors (Lipinski definition) is 2. The average molecular weight is 215 g/mol. The summed E-state index contributed by atoms with van der Waals surface area (Å²) in [4.78, 5) is 0. The molecule has 0 aromatic rings. The molecule has 0 radical (unpaired) electrons. The number of unbranched alkanes of at least 4 members (excludes halogenated alkanes) is 1. The topological polar surface area (TPSA) is 12.0 Å². The predicted molar refractivity (Wildman–Crippen MR) is 67.0 cm³/mol. The van der Waals surface area contributed by atoms with E-state index in [-0.39, 0.29) is 0 Å². The van der Waals surface area contributed by atoms with Crippen molar-refractivity contribution in [3.8, 4) is 0 Å². The number of rotatable bonds is 6. The van der Waals surface area contributed by atoms with Crippen LogP contribution >= 0.6 is 11.8 Å². The van der Waals surface area contributed by atoms with Crippen LogP contribution in [0.15, 0.2) is 0 Å². The molecule has 0 aromatic carbocycles. The van der Waals surface area contributed by atoms with Crippen LogP contribution < -0.4 is 5.32 Å². The molecule has 2 heteroatoms. The quantitative estimate of drug-likeness (QED) is 0.682. The monoisotopic (exact) mass is 215 g/mol. The second kappa shape index (κ2) is 7.58. The van der Waals surface area contributed by atoms with E-state index in [1.165, 1.54) is 50.2 Å². The van der Waals surface area contributed by atoms with Crippen molar-refractivity contribution < 1.29 is 0 Å². The van der Waals surface area contributed by atoms with Crippen molar-refractivity contribution >= 4 is 11.8 Å². The zero-order valence-corrected chi connectivity index (χ0v) is 10.5. The van der Waals surface area contributed by atoms with Crippen LogP contribution in [0.1, 0.15) is 46.0 Å². The van der Waals surface area contributed by atoms with Gasteiger partial charge in [0.05, 0.1) is 0 Å². The number of hydrogen-bond donors (Lipinski definition) is 1. The van der Waals surface area contributed by atoms with E-state index in [1.54, 1.807) is 0 Å². The van der Waals surface area contributed by atoms with E-state index >= 15 is 0 Å². The summed E-state index contributed by atoms with van der Waals surface area (Å²) < 4.78 is 0. The summed E-state index contributed by atoms with van der Waals surface area (Å²) in [6.45, 7) is 5.86. The second-order valence-corrected chi connectivity index (χ2v) is 5.96. The smallest absolute Gasteiger partial charge is 0.00827 e. The first kappa shape index (κ1) is 12.4. The summed E-state index contributed by atoms with van der Waals surface area (Å²) in [7, 11) is 0. The molecule has 1 saturated heterocycles. The van der Waals surface area contributed by atoms with Gasteiger partial charge in [-0.05, 0) is 43.2 Å². The van der Waals surface area contributed by atoms with Crippen molar-refractivity contribution in [1.82, 2.24) is 5.32 Å². The maximum atomic E-state index is 3.68. The van der Waals surface area contributed by atoms with Crippen molar-refractivity contribution in [2.45, 2.75) is 52.0 Å². The second-order valence-electron chi connectivity index (χ2n) is 4.73. The Kier molecular flexibility index (Phi) is 6.70. The summed E-state index contributed by atoms with van der Waals surface area (Å²) in [5.41, 5.74) is 0. The predicted octanol–water partition coefficient (Wildman–Crippen LogP) is 3.30. The SMILES string of the molecule is CC(C)CCCCNC1CCSCC1. The molecule has 1 N–H and O–H groups in total. The van der Waals surface area contributed by atoms with Gasteiger partial charge in [0, 0.05) is 6.04 Å². The Morgan fingerprint density at radius 1 is 1.21 bits per heavy atom. The zero-order chi connectivity index (χ0) is 10.2. The fourth-order valence-corrected chi connectivity index (χ4v) is 2.99. The van der Waals surface area contributed by atoms with Crippen LogP contribution in [0, 0.1) is 5.92 Å². The van der Waals surface area contributed by atoms with Gasteiger partial charge < -0.3 is 5.32 Å². The van der Waals surface area contributed by atoms with Crippen LogP contribution in [0.25, 0.3) is 0 Å². The van der Waals surface area contributed by atoms with Gasteiger partial charge in [0.2, 0.25) is 0 Å². The molecule has 0 amide bonds. The molecule has 0 spiro atoms. The van der Waals surface area contributed by atoms with E-state index in [0.717, 1.165) is 12.0 Å². The third-order valence-corrected chi connectivity index (χ3v) is 3.91. The minimum Gasteiger partial charge on any atom is -0.314 e. The summed E-state index contributed by atoms with van der Waals surface area (Å²) in [5.74, 6) is 3.61. The highest BCUT2D eigenvalue weighted by atomic mass is 32.2. The molecular weight excluding hydrogens is 190 g/mol. The lowest BCUT2D eigenvalue weighted by Gasteiger charge is -2.22. The first-order valence-corrected chi connectivity index (χ1v) is 7.25. The first-order valence-electron chi connectivity index (χ1n) is 6.10. The van der Waals surface area contributed by atoms with Gasteiger partial charge in [0.25, 0.3) is 0 Å². The molecule has 1 aliphatic rings. The summed E-state index contributed by atoms with van der Waals surface area (Å²) >= 11 is 2.11. The Morgan fingerprint density at radius 2 is 1.93 bits per heavy atom. The molecule has 0 saturated carbocycles. The lowest BCUT2D eigenvalue weighted by molar-refractivity contribution is 0.456. The molecule has 84 valence electrons. The Hall–Kier alpha value is 0.310. The lowest BCUT2D eigenvalue weighted by atomic mass is 10.1. The standard InChI is InChI=1S/C12H25NS/c1-11(2)5-3-4-8-13-12-6-9-14-10-7-12/h11-13H,3-10H2,1-2H3. The van der Waals surface area contributed by atoms with Crippen molar-refractivity contribution in [3.05, 3.63) is 0 Å². The maximum absolute atomic E-state index is 3.68. The highest BCUT2D eigenvalue weighted by Crippen LogP contribution is 2.16. The van der Waals surface area contributed by atoms with Gasteiger partial charge in [0.1, 0.15) is 0 Å². The van der Waals surface area contributed by atoms with Crippen LogP contribution in [0.5, 0.6) is 0 Å². The zero-order valence-electron chi connectivity index (χ0n) is 9.72. The van der Waals surface area contributed by atoms with E-state index in [9.17, 15) is 0 Å². The van der Waals surface area contributed by atoms with Gasteiger partial charge in [-0.3, -0.25) is 0 Å². The van der Waals surface area contributed by atoms with E-state index in [4.69, 9.17) is 0 Å². The van der Waals surface area contributed by atoms with Crippen molar-refractivity contribution in [3.63, 3.8) is 0 Å². The minimum atomic E-state index is 0.829. The van der Waals surface area contributed by atoms with Crippen molar-refractivity contribution in [2.24, 2.45) is 5.92 Å². The van der Waals surface area contributed by atoms with Crippen LogP contribution in [0.4, 0.5) is 0 Å². The molecule has 0 bridgehead atoms. The van der Waals surface area contributed by atoms with Crippen LogP contribution in [-0.2, 0) is 0 Å². The molecule has 0 unspecified atom stereocenters. The van der Waals surface area contributed by atoms with Crippen molar-refractivity contribution in [2.75, 3.05) is 18.1 Å². The van der Waals surface area contributed by atoms with E-state index in [0.29, 0.717) is 0 Å². The molecule has 14 heavy (non-hydrogen) atoms. The maximum Gasteiger partial charge on any atom is 0.00827 e. The molecule has 0 aromatic heterocycles. The van der Waals surface area contributed by atoms with Gasteiger partial charge in [-0.25, -0.2) is 0 Å². The third-order valence-electron chi connectivity index (χ3n) is 2.86. The lowest BCUT2D eigenvalue weighted by Crippen LogP contribution is -2.33. The molecule has 0 atom stereocenters. The summed E-state index contributed by atoms with van der Waals surface area (Å²) in [5, 5.41) is 3.68. The Balaban J connectivity index is 1.87. The molecule has 1 nitrogen and oxygen atoms in total. The molecule has 1 aliphatic heterocycles. The summed E-state index contributed by atoms with van der Waals surface area (Å²) in [6, 6.07) is 0.829. The highest BCUT2D eigenvalue weighted by Gasteiger charge is 2.11. The van der Waals surface area contributed by atoms with Gasteiger partial charge in [0.15, 0.2) is 0 Å². The Bertz CT molecular complexity index is 130. The van der Waals surface area contributed by atoms with Gasteiger partial charge in [-0.1, -0.05) is 26.7 Å². The van der Waals surface area contributed by atoms with E-state index in [2.05, 4.69) is 30.9 Å². The van der Waals surface area contributed by atoms with Gasteiger partial charge >= 0.3 is 0 Å². The van der Waals surface area contributed by atoms with Crippen molar-refractivity contribution in [1.29, 1.82) is 0 Å². The summed E-state index contributed by atoms with van der Waals surface area (Å²) in [6.07, 6.45) is 6.92. The van der Waals surface area contributed by atoms with Gasteiger partial charge in [-0.2, -0.15) is 11.8 Å². The fourth-order valence-electron chi connectivity index (χ4n) is 1.89. The molecule has 1 heterocycles. The minimum absolute atomic E-state index is 0.829. The van der Waals surface area contributed by atoms with Crippen LogP contribution in [0.3, 0.4) is 0 Å². The molecular formula is C12H25NS. The third kappa shape index (κ3) is 5.92. The van der Waals surface area contributed by atoms with Gasteiger partial charge in [-0.15, -0.1) is 0 Å². The largest absolute Gasteiger partial charge is 0.314 e. The molecule has 1 rings (SSSR count). The van der Waals surface area contributed by atoms with E-state index < -0.39 is 0 Å².